The molecule has 1 aliphatic carbocycles. The van der Waals surface area contributed by atoms with Gasteiger partial charge in [-0.1, -0.05) is 13.8 Å². The molecule has 0 spiro atoms. The van der Waals surface area contributed by atoms with Crippen LogP contribution in [0.4, 0.5) is 5.69 Å². The Kier molecular flexibility index (Phi) is 6.32. The molecule has 1 saturated heterocycles. The summed E-state index contributed by atoms with van der Waals surface area (Å²) in [6, 6.07) is 4.62. The lowest BCUT2D eigenvalue weighted by atomic mass is 9.97. The summed E-state index contributed by atoms with van der Waals surface area (Å²) in [7, 11) is 1.76. The van der Waals surface area contributed by atoms with Gasteiger partial charge in [0, 0.05) is 68.2 Å². The van der Waals surface area contributed by atoms with Crippen molar-refractivity contribution in [2.75, 3.05) is 18.0 Å². The molecule has 5 rings (SSSR count). The number of aryl methyl sites for hydroxylation is 1. The van der Waals surface area contributed by atoms with Crippen LogP contribution in [-0.2, 0) is 13.6 Å². The number of anilines is 1. The van der Waals surface area contributed by atoms with Crippen LogP contribution < -0.4 is 10.5 Å². The van der Waals surface area contributed by atoms with Crippen molar-refractivity contribution >= 4 is 16.7 Å². The molecule has 0 radical (unpaired) electrons. The third-order valence-corrected chi connectivity index (χ3v) is 7.77. The second kappa shape index (κ2) is 9.42. The van der Waals surface area contributed by atoms with E-state index in [0.717, 1.165) is 54.0 Å². The summed E-state index contributed by atoms with van der Waals surface area (Å²) in [4.78, 5) is 27.1. The van der Waals surface area contributed by atoms with Gasteiger partial charge in [0.15, 0.2) is 0 Å². The second-order valence-electron chi connectivity index (χ2n) is 9.94. The molecular weight excluding hydrogens is 440 g/mol. The number of hydrogen-bond donors (Lipinski definition) is 0. The Morgan fingerprint density at radius 2 is 1.86 bits per heavy atom. The van der Waals surface area contributed by atoms with Crippen LogP contribution in [0, 0.1) is 11.3 Å². The lowest BCUT2D eigenvalue weighted by Crippen LogP contribution is -2.58. The zero-order valence-corrected chi connectivity index (χ0v) is 21.1. The number of hydrogen-bond acceptors (Lipinski definition) is 7. The van der Waals surface area contributed by atoms with Gasteiger partial charge in [-0.3, -0.25) is 14.4 Å². The molecule has 3 atom stereocenters. The van der Waals surface area contributed by atoms with E-state index in [1.165, 1.54) is 12.8 Å². The number of pyridine rings is 1. The van der Waals surface area contributed by atoms with Gasteiger partial charge in [-0.2, -0.15) is 10.4 Å². The van der Waals surface area contributed by atoms with E-state index in [9.17, 15) is 4.79 Å². The Labute approximate surface area is 206 Å². The number of piperazine rings is 1. The number of rotatable bonds is 7. The zero-order valence-electron chi connectivity index (χ0n) is 21.1. The molecule has 0 N–H and O–H groups in total. The maximum absolute atomic E-state index is 12.9. The highest BCUT2D eigenvalue weighted by Crippen LogP contribution is 2.38. The SMILES string of the molecule is CC[C@H]1CN(C(C)c2cnc(C3CC3)nc2)[C@H](CC)CN1c1cc(=O)n(C)c2cn(CC#N)nc12. The molecule has 3 aromatic rings. The maximum Gasteiger partial charge on any atom is 0.252 e. The van der Waals surface area contributed by atoms with E-state index in [2.05, 4.69) is 46.6 Å². The van der Waals surface area contributed by atoms with Gasteiger partial charge in [0.25, 0.3) is 5.56 Å². The first kappa shape index (κ1) is 23.5. The molecule has 1 aliphatic heterocycles. The molecule has 35 heavy (non-hydrogen) atoms. The minimum atomic E-state index is -0.0596. The van der Waals surface area contributed by atoms with Gasteiger partial charge in [-0.05, 0) is 32.6 Å². The standard InChI is InChI=1S/C26H34N8O/c1-5-20-15-34(22-11-24(35)31(4)23-16-32(10-9-27)30-25(22)23)21(6-2)14-33(20)17(3)19-12-28-26(29-13-19)18-7-8-18/h11-13,16-18,20-21H,5-8,10,14-15H2,1-4H3/t17?,20-,21+/m1/s1. The number of aromatic nitrogens is 5. The van der Waals surface area contributed by atoms with Crippen molar-refractivity contribution in [3.05, 3.63) is 46.4 Å². The van der Waals surface area contributed by atoms with E-state index in [0.29, 0.717) is 12.0 Å². The summed E-state index contributed by atoms with van der Waals surface area (Å²) in [6.07, 6.45) is 10.2. The molecule has 4 heterocycles. The molecule has 1 unspecified atom stereocenters. The lowest BCUT2D eigenvalue weighted by molar-refractivity contribution is 0.101. The fourth-order valence-corrected chi connectivity index (χ4v) is 5.37. The van der Waals surface area contributed by atoms with Gasteiger partial charge in [0.2, 0.25) is 0 Å². The maximum atomic E-state index is 12.9. The molecule has 0 amide bonds. The van der Waals surface area contributed by atoms with Crippen LogP contribution in [-0.4, -0.2) is 54.4 Å². The van der Waals surface area contributed by atoms with Crippen LogP contribution in [0.1, 0.15) is 69.8 Å². The summed E-state index contributed by atoms with van der Waals surface area (Å²) < 4.78 is 3.23. The van der Waals surface area contributed by atoms with Crippen molar-refractivity contribution in [3.8, 4) is 6.07 Å². The van der Waals surface area contributed by atoms with Crippen LogP contribution >= 0.6 is 0 Å². The highest BCUT2D eigenvalue weighted by molar-refractivity contribution is 5.88. The predicted molar refractivity (Wildman–Crippen MR) is 135 cm³/mol. The van der Waals surface area contributed by atoms with E-state index in [1.807, 2.05) is 12.4 Å². The summed E-state index contributed by atoms with van der Waals surface area (Å²) >= 11 is 0. The van der Waals surface area contributed by atoms with Crippen LogP contribution in [0.25, 0.3) is 11.0 Å². The Morgan fingerprint density at radius 1 is 1.14 bits per heavy atom. The van der Waals surface area contributed by atoms with E-state index in [1.54, 1.807) is 28.6 Å². The van der Waals surface area contributed by atoms with Crippen molar-refractivity contribution in [2.45, 2.75) is 77.0 Å². The normalized spacial score (nSPS) is 21.9. The van der Waals surface area contributed by atoms with Crippen molar-refractivity contribution in [2.24, 2.45) is 7.05 Å². The molecule has 9 heteroatoms. The van der Waals surface area contributed by atoms with Crippen LogP contribution in [0.2, 0.25) is 0 Å². The molecule has 1 saturated carbocycles. The topological polar surface area (TPSA) is 95.9 Å². The number of nitriles is 1. The van der Waals surface area contributed by atoms with Crippen LogP contribution in [0.5, 0.6) is 0 Å². The molecule has 2 fully saturated rings. The van der Waals surface area contributed by atoms with Crippen LogP contribution in [0.15, 0.2) is 29.5 Å². The monoisotopic (exact) mass is 474 g/mol. The Balaban J connectivity index is 1.46. The van der Waals surface area contributed by atoms with Gasteiger partial charge in [-0.25, -0.2) is 9.97 Å². The van der Waals surface area contributed by atoms with E-state index >= 15 is 0 Å². The second-order valence-corrected chi connectivity index (χ2v) is 9.94. The first-order valence-corrected chi connectivity index (χ1v) is 12.7. The Hall–Kier alpha value is -3.25. The lowest BCUT2D eigenvalue weighted by Gasteiger charge is -2.49. The molecule has 184 valence electrons. The summed E-state index contributed by atoms with van der Waals surface area (Å²) in [5, 5.41) is 13.8. The highest BCUT2D eigenvalue weighted by Gasteiger charge is 2.36. The zero-order chi connectivity index (χ0) is 24.7. The largest absolute Gasteiger partial charge is 0.364 e. The summed E-state index contributed by atoms with van der Waals surface area (Å²) in [6.45, 7) is 8.53. The quantitative estimate of drug-likeness (QED) is 0.518. The fourth-order valence-electron chi connectivity index (χ4n) is 5.37. The predicted octanol–water partition coefficient (Wildman–Crippen LogP) is 3.37. The average Bonchev–Trinajstić information content (AvgIpc) is 3.65. The first-order valence-electron chi connectivity index (χ1n) is 12.7. The summed E-state index contributed by atoms with van der Waals surface area (Å²) in [5.41, 5.74) is 3.50. The third-order valence-electron chi connectivity index (χ3n) is 7.77. The van der Waals surface area contributed by atoms with Crippen LogP contribution in [0.3, 0.4) is 0 Å². The van der Waals surface area contributed by atoms with Crippen molar-refractivity contribution in [1.82, 2.24) is 29.2 Å². The Bertz CT molecular complexity index is 1300. The van der Waals surface area contributed by atoms with Gasteiger partial charge in [0.1, 0.15) is 17.9 Å². The Morgan fingerprint density at radius 3 is 2.49 bits per heavy atom. The molecule has 3 aromatic heterocycles. The van der Waals surface area contributed by atoms with Crippen molar-refractivity contribution in [3.63, 3.8) is 0 Å². The van der Waals surface area contributed by atoms with Gasteiger partial charge >= 0.3 is 0 Å². The molecule has 2 aliphatic rings. The molecule has 0 aromatic carbocycles. The van der Waals surface area contributed by atoms with Gasteiger partial charge in [-0.15, -0.1) is 0 Å². The van der Waals surface area contributed by atoms with Crippen molar-refractivity contribution < 1.29 is 0 Å². The third kappa shape index (κ3) is 4.31. The minimum absolute atomic E-state index is 0.0596. The van der Waals surface area contributed by atoms with Gasteiger partial charge in [0.05, 0.1) is 23.5 Å². The first-order chi connectivity index (χ1) is 16.9. The molecule has 0 bridgehead atoms. The summed E-state index contributed by atoms with van der Waals surface area (Å²) in [5.74, 6) is 1.54. The minimum Gasteiger partial charge on any atom is -0.364 e. The van der Waals surface area contributed by atoms with Crippen molar-refractivity contribution in [1.29, 1.82) is 5.26 Å². The van der Waals surface area contributed by atoms with E-state index < -0.39 is 0 Å². The average molecular weight is 475 g/mol. The highest BCUT2D eigenvalue weighted by atomic mass is 16.1. The van der Waals surface area contributed by atoms with E-state index in [4.69, 9.17) is 10.4 Å². The molecular formula is C26H34N8O. The number of nitrogens with zero attached hydrogens (tertiary/aromatic N) is 8. The van der Waals surface area contributed by atoms with Gasteiger partial charge < -0.3 is 9.47 Å². The number of fused-ring (bicyclic) bond motifs is 1. The smallest absolute Gasteiger partial charge is 0.252 e. The van der Waals surface area contributed by atoms with E-state index in [-0.39, 0.29) is 24.2 Å². The molecule has 9 nitrogen and oxygen atoms in total. The fraction of sp³-hybridized carbons (Fsp3) is 0.577.